The van der Waals surface area contributed by atoms with Crippen molar-refractivity contribution in [1.82, 2.24) is 4.98 Å². The monoisotopic (exact) mass is 239 g/mol. The Morgan fingerprint density at radius 1 is 1.50 bits per heavy atom. The first-order valence-electron chi connectivity index (χ1n) is 2.61. The molecular formula is C6H4BrCl2N. The van der Waals surface area contributed by atoms with Crippen LogP contribution < -0.4 is 0 Å². The van der Waals surface area contributed by atoms with Gasteiger partial charge >= 0.3 is 0 Å². The third-order valence-corrected chi connectivity index (χ3v) is 2.43. The minimum atomic E-state index is 0.396. The highest BCUT2D eigenvalue weighted by Gasteiger charge is 1.98. The Morgan fingerprint density at radius 3 is 2.70 bits per heavy atom. The van der Waals surface area contributed by atoms with Crippen LogP contribution in [0.2, 0.25) is 5.15 Å². The second kappa shape index (κ2) is 3.56. The fourth-order valence-corrected chi connectivity index (χ4v) is 1.07. The molecule has 0 aliphatic heterocycles. The number of pyridine rings is 1. The fraction of sp³-hybridized carbons (Fsp3) is 0.167. The van der Waals surface area contributed by atoms with E-state index in [1.807, 2.05) is 12.1 Å². The van der Waals surface area contributed by atoms with Crippen LogP contribution in [-0.4, -0.2) is 4.98 Å². The highest BCUT2D eigenvalue weighted by atomic mass is 79.9. The predicted octanol–water partition coefficient (Wildman–Crippen LogP) is 3.24. The Labute approximate surface area is 77.5 Å². The van der Waals surface area contributed by atoms with Gasteiger partial charge in [0.2, 0.25) is 0 Å². The van der Waals surface area contributed by atoms with Gasteiger partial charge in [0.05, 0.1) is 16.0 Å². The molecular weight excluding hydrogens is 237 g/mol. The number of aromatic nitrogens is 1. The molecule has 0 N–H and O–H groups in total. The van der Waals surface area contributed by atoms with E-state index in [1.54, 1.807) is 0 Å². The molecule has 1 rings (SSSR count). The SMILES string of the molecule is ClCc1ccc(Br)c(Cl)n1. The van der Waals surface area contributed by atoms with Gasteiger partial charge in [0.25, 0.3) is 0 Å². The average Bonchev–Trinajstić information content (AvgIpc) is 1.95. The summed E-state index contributed by atoms with van der Waals surface area (Å²) in [6.45, 7) is 0. The standard InChI is InChI=1S/C6H4BrCl2N/c7-5-2-1-4(3-8)10-6(5)9/h1-2H,3H2. The molecule has 0 amide bonds. The van der Waals surface area contributed by atoms with Crippen LogP contribution in [-0.2, 0) is 5.88 Å². The molecule has 0 saturated heterocycles. The van der Waals surface area contributed by atoms with E-state index in [0.717, 1.165) is 10.2 Å². The van der Waals surface area contributed by atoms with Crippen LogP contribution in [0.25, 0.3) is 0 Å². The molecule has 0 fully saturated rings. The van der Waals surface area contributed by atoms with Crippen LogP contribution in [0.4, 0.5) is 0 Å². The normalized spacial score (nSPS) is 9.90. The van der Waals surface area contributed by atoms with E-state index in [4.69, 9.17) is 23.2 Å². The van der Waals surface area contributed by atoms with Crippen molar-refractivity contribution in [3.63, 3.8) is 0 Å². The quantitative estimate of drug-likeness (QED) is 0.543. The minimum absolute atomic E-state index is 0.396. The molecule has 0 aliphatic rings. The van der Waals surface area contributed by atoms with Gasteiger partial charge in [-0.05, 0) is 28.1 Å². The first kappa shape index (κ1) is 8.31. The molecule has 10 heavy (non-hydrogen) atoms. The van der Waals surface area contributed by atoms with E-state index in [9.17, 15) is 0 Å². The second-order valence-electron chi connectivity index (χ2n) is 1.71. The van der Waals surface area contributed by atoms with E-state index < -0.39 is 0 Å². The van der Waals surface area contributed by atoms with Crippen molar-refractivity contribution in [2.24, 2.45) is 0 Å². The van der Waals surface area contributed by atoms with Gasteiger partial charge in [-0.2, -0.15) is 0 Å². The van der Waals surface area contributed by atoms with Crippen molar-refractivity contribution in [1.29, 1.82) is 0 Å². The Bertz CT molecular complexity index is 239. The molecule has 0 spiro atoms. The molecule has 0 aromatic carbocycles. The van der Waals surface area contributed by atoms with Crippen molar-refractivity contribution in [3.05, 3.63) is 27.5 Å². The summed E-state index contributed by atoms with van der Waals surface area (Å²) in [4.78, 5) is 3.98. The van der Waals surface area contributed by atoms with Crippen LogP contribution in [0, 0.1) is 0 Å². The first-order chi connectivity index (χ1) is 4.74. The Hall–Kier alpha value is 0.210. The van der Waals surface area contributed by atoms with Crippen molar-refractivity contribution in [2.45, 2.75) is 5.88 Å². The second-order valence-corrected chi connectivity index (χ2v) is 3.19. The minimum Gasteiger partial charge on any atom is -0.239 e. The molecule has 4 heteroatoms. The smallest absolute Gasteiger partial charge is 0.143 e. The lowest BCUT2D eigenvalue weighted by molar-refractivity contribution is 1.16. The summed E-state index contributed by atoms with van der Waals surface area (Å²) >= 11 is 14.4. The molecule has 1 aromatic rings. The fourth-order valence-electron chi connectivity index (χ4n) is 0.529. The number of hydrogen-bond acceptors (Lipinski definition) is 1. The number of halogens is 3. The van der Waals surface area contributed by atoms with Gasteiger partial charge in [0, 0.05) is 0 Å². The maximum Gasteiger partial charge on any atom is 0.143 e. The van der Waals surface area contributed by atoms with Gasteiger partial charge in [-0.15, -0.1) is 11.6 Å². The van der Waals surface area contributed by atoms with E-state index in [-0.39, 0.29) is 0 Å². The van der Waals surface area contributed by atoms with Gasteiger partial charge in [-0.3, -0.25) is 0 Å². The Morgan fingerprint density at radius 2 is 2.20 bits per heavy atom. The van der Waals surface area contributed by atoms with Gasteiger partial charge in [0.1, 0.15) is 5.15 Å². The van der Waals surface area contributed by atoms with E-state index in [1.165, 1.54) is 0 Å². The van der Waals surface area contributed by atoms with Crippen LogP contribution in [0.1, 0.15) is 5.69 Å². The molecule has 0 atom stereocenters. The molecule has 0 aliphatic carbocycles. The lowest BCUT2D eigenvalue weighted by Crippen LogP contribution is -1.84. The topological polar surface area (TPSA) is 12.9 Å². The summed E-state index contributed by atoms with van der Waals surface area (Å²) in [5.41, 5.74) is 0.787. The van der Waals surface area contributed by atoms with Crippen molar-refractivity contribution >= 4 is 39.1 Å². The number of rotatable bonds is 1. The molecule has 0 radical (unpaired) electrons. The lowest BCUT2D eigenvalue weighted by Gasteiger charge is -1.96. The molecule has 0 saturated carbocycles. The summed E-state index contributed by atoms with van der Waals surface area (Å²) in [6.07, 6.45) is 0. The maximum atomic E-state index is 5.68. The summed E-state index contributed by atoms with van der Waals surface area (Å²) in [5.74, 6) is 0.396. The highest BCUT2D eigenvalue weighted by molar-refractivity contribution is 9.10. The van der Waals surface area contributed by atoms with Gasteiger partial charge in [0.15, 0.2) is 0 Å². The van der Waals surface area contributed by atoms with Gasteiger partial charge < -0.3 is 0 Å². The number of alkyl halides is 1. The van der Waals surface area contributed by atoms with E-state index >= 15 is 0 Å². The van der Waals surface area contributed by atoms with Crippen LogP contribution >= 0.6 is 39.1 Å². The van der Waals surface area contributed by atoms with Crippen LogP contribution in [0.3, 0.4) is 0 Å². The van der Waals surface area contributed by atoms with Crippen molar-refractivity contribution in [2.75, 3.05) is 0 Å². The maximum absolute atomic E-state index is 5.68. The highest BCUT2D eigenvalue weighted by Crippen LogP contribution is 2.20. The largest absolute Gasteiger partial charge is 0.239 e. The Balaban J connectivity index is 3.04. The molecule has 1 nitrogen and oxygen atoms in total. The zero-order valence-corrected chi connectivity index (χ0v) is 8.04. The zero-order valence-electron chi connectivity index (χ0n) is 4.94. The van der Waals surface area contributed by atoms with Crippen LogP contribution in [0.5, 0.6) is 0 Å². The summed E-state index contributed by atoms with van der Waals surface area (Å²) in [7, 11) is 0. The van der Waals surface area contributed by atoms with Crippen molar-refractivity contribution < 1.29 is 0 Å². The number of hydrogen-bond donors (Lipinski definition) is 0. The molecule has 1 aromatic heterocycles. The number of nitrogens with zero attached hydrogens (tertiary/aromatic N) is 1. The zero-order chi connectivity index (χ0) is 7.56. The summed E-state index contributed by atoms with van der Waals surface area (Å²) < 4.78 is 0.794. The van der Waals surface area contributed by atoms with E-state index in [2.05, 4.69) is 20.9 Å². The summed E-state index contributed by atoms with van der Waals surface area (Å²) in [5, 5.41) is 0.457. The third kappa shape index (κ3) is 1.84. The Kier molecular flexibility index (Phi) is 2.96. The average molecular weight is 241 g/mol. The molecule has 0 bridgehead atoms. The summed E-state index contributed by atoms with van der Waals surface area (Å²) in [6, 6.07) is 3.65. The van der Waals surface area contributed by atoms with Gasteiger partial charge in [-0.25, -0.2) is 4.98 Å². The molecule has 1 heterocycles. The molecule has 54 valence electrons. The third-order valence-electron chi connectivity index (χ3n) is 0.998. The first-order valence-corrected chi connectivity index (χ1v) is 4.31. The van der Waals surface area contributed by atoms with Gasteiger partial charge in [-0.1, -0.05) is 11.6 Å². The molecule has 0 unspecified atom stereocenters. The lowest BCUT2D eigenvalue weighted by atomic mass is 10.4. The van der Waals surface area contributed by atoms with E-state index in [0.29, 0.717) is 11.0 Å². The van der Waals surface area contributed by atoms with Crippen LogP contribution in [0.15, 0.2) is 16.6 Å². The predicted molar refractivity (Wildman–Crippen MR) is 46.5 cm³/mol. The van der Waals surface area contributed by atoms with Crippen molar-refractivity contribution in [3.8, 4) is 0 Å².